The first kappa shape index (κ1) is 15.3. The second-order valence-corrected chi connectivity index (χ2v) is 4.72. The number of rotatable bonds is 7. The van der Waals surface area contributed by atoms with Crippen LogP contribution in [0.4, 0.5) is 0 Å². The summed E-state index contributed by atoms with van der Waals surface area (Å²) in [7, 11) is 1.62. The molecule has 18 heavy (non-hydrogen) atoms. The van der Waals surface area contributed by atoms with Crippen LogP contribution in [0.1, 0.15) is 31.9 Å². The van der Waals surface area contributed by atoms with Crippen molar-refractivity contribution in [3.8, 4) is 5.75 Å². The zero-order valence-electron chi connectivity index (χ0n) is 11.4. The molecule has 1 aromatic carbocycles. The zero-order chi connectivity index (χ0) is 13.5. The fourth-order valence-electron chi connectivity index (χ4n) is 1.94. The lowest BCUT2D eigenvalue weighted by Crippen LogP contribution is -2.27. The third kappa shape index (κ3) is 4.16. The maximum Gasteiger partial charge on any atom is 0.137 e. The van der Waals surface area contributed by atoms with Gasteiger partial charge in [0.05, 0.1) is 12.1 Å². The zero-order valence-corrected chi connectivity index (χ0v) is 12.2. The predicted molar refractivity (Wildman–Crippen MR) is 77.3 cm³/mol. The highest BCUT2D eigenvalue weighted by atomic mass is 35.5. The lowest BCUT2D eigenvalue weighted by molar-refractivity contribution is 0.290. The molecule has 0 aliphatic carbocycles. The minimum absolute atomic E-state index is 0.0248. The molecule has 1 unspecified atom stereocenters. The van der Waals surface area contributed by atoms with E-state index in [1.165, 1.54) is 0 Å². The third-order valence-corrected chi connectivity index (χ3v) is 3.57. The Labute approximate surface area is 115 Å². The van der Waals surface area contributed by atoms with Gasteiger partial charge in [0.15, 0.2) is 0 Å². The summed E-state index contributed by atoms with van der Waals surface area (Å²) < 4.78 is 5.21. The van der Waals surface area contributed by atoms with Gasteiger partial charge < -0.3 is 15.4 Å². The molecule has 1 rings (SSSR count). The fourth-order valence-corrected chi connectivity index (χ4v) is 2.13. The molecule has 0 aromatic heterocycles. The molecule has 1 aromatic rings. The van der Waals surface area contributed by atoms with Crippen LogP contribution in [0, 0.1) is 0 Å². The average molecular weight is 271 g/mol. The number of methoxy groups -OCH3 is 1. The first-order valence-electron chi connectivity index (χ1n) is 6.43. The number of hydrogen-bond acceptors (Lipinski definition) is 3. The summed E-state index contributed by atoms with van der Waals surface area (Å²) in [6.07, 6.45) is 0.937. The van der Waals surface area contributed by atoms with Gasteiger partial charge in [-0.3, -0.25) is 0 Å². The minimum atomic E-state index is 0.0248. The molecule has 0 aliphatic heterocycles. The smallest absolute Gasteiger partial charge is 0.137 e. The maximum atomic E-state index is 6.20. The minimum Gasteiger partial charge on any atom is -0.495 e. The van der Waals surface area contributed by atoms with Crippen LogP contribution in [-0.4, -0.2) is 31.6 Å². The highest BCUT2D eigenvalue weighted by molar-refractivity contribution is 6.32. The molecule has 1 atom stereocenters. The van der Waals surface area contributed by atoms with E-state index in [1.54, 1.807) is 7.11 Å². The highest BCUT2D eigenvalue weighted by Gasteiger charge is 2.10. The number of nitrogens with two attached hydrogens (primary N) is 1. The van der Waals surface area contributed by atoms with E-state index < -0.39 is 0 Å². The van der Waals surface area contributed by atoms with Gasteiger partial charge in [-0.25, -0.2) is 0 Å². The quantitative estimate of drug-likeness (QED) is 0.828. The van der Waals surface area contributed by atoms with Crippen molar-refractivity contribution in [1.29, 1.82) is 0 Å². The Morgan fingerprint density at radius 1 is 1.33 bits per heavy atom. The summed E-state index contributed by atoms with van der Waals surface area (Å²) >= 11 is 6.00. The van der Waals surface area contributed by atoms with Gasteiger partial charge in [0.2, 0.25) is 0 Å². The molecule has 0 radical (unpaired) electrons. The number of ether oxygens (including phenoxy) is 1. The number of nitrogens with zero attached hydrogens (tertiary/aromatic N) is 1. The first-order valence-corrected chi connectivity index (χ1v) is 6.81. The molecular formula is C14H23ClN2O. The number of hydrogen-bond donors (Lipinski definition) is 1. The molecule has 0 bridgehead atoms. The maximum absolute atomic E-state index is 6.20. The molecule has 0 saturated heterocycles. The van der Waals surface area contributed by atoms with Crippen molar-refractivity contribution in [2.75, 3.05) is 26.7 Å². The van der Waals surface area contributed by atoms with Crippen molar-refractivity contribution < 1.29 is 4.74 Å². The van der Waals surface area contributed by atoms with E-state index >= 15 is 0 Å². The monoisotopic (exact) mass is 270 g/mol. The second-order valence-electron chi connectivity index (χ2n) is 4.32. The molecular weight excluding hydrogens is 248 g/mol. The fraction of sp³-hybridized carbons (Fsp3) is 0.571. The van der Waals surface area contributed by atoms with Crippen LogP contribution < -0.4 is 10.5 Å². The van der Waals surface area contributed by atoms with Crippen LogP contribution >= 0.6 is 11.6 Å². The van der Waals surface area contributed by atoms with Gasteiger partial charge in [0.25, 0.3) is 0 Å². The number of benzene rings is 1. The lowest BCUT2D eigenvalue weighted by Gasteiger charge is -2.21. The van der Waals surface area contributed by atoms with E-state index in [9.17, 15) is 0 Å². The van der Waals surface area contributed by atoms with Crippen LogP contribution in [-0.2, 0) is 0 Å². The summed E-state index contributed by atoms with van der Waals surface area (Å²) in [6, 6.07) is 5.76. The van der Waals surface area contributed by atoms with E-state index in [2.05, 4.69) is 18.7 Å². The molecule has 0 aliphatic rings. The van der Waals surface area contributed by atoms with Gasteiger partial charge in [-0.05, 0) is 43.8 Å². The van der Waals surface area contributed by atoms with Gasteiger partial charge in [0.1, 0.15) is 5.75 Å². The Bertz CT molecular complexity index is 367. The summed E-state index contributed by atoms with van der Waals surface area (Å²) in [5, 5.41) is 0.622. The van der Waals surface area contributed by atoms with Gasteiger partial charge in [0, 0.05) is 6.04 Å². The van der Waals surface area contributed by atoms with Gasteiger partial charge in [-0.1, -0.05) is 31.5 Å². The molecule has 102 valence electrons. The Morgan fingerprint density at radius 2 is 2.00 bits per heavy atom. The SMILES string of the molecule is CCN(CC)CCC(N)c1ccc(Cl)c(OC)c1. The molecule has 2 N–H and O–H groups in total. The molecule has 0 fully saturated rings. The Kier molecular flexibility index (Phi) is 6.47. The topological polar surface area (TPSA) is 38.5 Å². The van der Waals surface area contributed by atoms with Crippen LogP contribution in [0.2, 0.25) is 5.02 Å². The van der Waals surface area contributed by atoms with Crippen molar-refractivity contribution >= 4 is 11.6 Å². The first-order chi connectivity index (χ1) is 8.62. The van der Waals surface area contributed by atoms with Crippen molar-refractivity contribution in [2.45, 2.75) is 26.3 Å². The molecule has 0 saturated carbocycles. The van der Waals surface area contributed by atoms with E-state index in [1.807, 2.05) is 18.2 Å². The molecule has 0 spiro atoms. The van der Waals surface area contributed by atoms with E-state index in [4.69, 9.17) is 22.1 Å². The summed E-state index contributed by atoms with van der Waals surface area (Å²) in [4.78, 5) is 2.37. The second kappa shape index (κ2) is 7.62. The highest BCUT2D eigenvalue weighted by Crippen LogP contribution is 2.28. The average Bonchev–Trinajstić information content (AvgIpc) is 2.40. The Morgan fingerprint density at radius 3 is 2.56 bits per heavy atom. The molecule has 0 heterocycles. The van der Waals surface area contributed by atoms with Crippen LogP contribution in [0.15, 0.2) is 18.2 Å². The van der Waals surface area contributed by atoms with Crippen molar-refractivity contribution in [1.82, 2.24) is 4.90 Å². The molecule has 0 amide bonds. The van der Waals surface area contributed by atoms with Crippen molar-refractivity contribution in [3.63, 3.8) is 0 Å². The summed E-state index contributed by atoms with van der Waals surface area (Å²) in [6.45, 7) is 7.47. The van der Waals surface area contributed by atoms with Gasteiger partial charge >= 0.3 is 0 Å². The predicted octanol–water partition coefficient (Wildman–Crippen LogP) is 3.08. The Hall–Kier alpha value is -0.770. The van der Waals surface area contributed by atoms with Crippen LogP contribution in [0.5, 0.6) is 5.75 Å². The van der Waals surface area contributed by atoms with E-state index in [0.717, 1.165) is 31.6 Å². The number of halogens is 1. The van der Waals surface area contributed by atoms with Crippen LogP contribution in [0.3, 0.4) is 0 Å². The summed E-state index contributed by atoms with van der Waals surface area (Å²) in [5.74, 6) is 0.687. The molecule has 4 heteroatoms. The van der Waals surface area contributed by atoms with Crippen molar-refractivity contribution in [3.05, 3.63) is 28.8 Å². The van der Waals surface area contributed by atoms with E-state index in [-0.39, 0.29) is 6.04 Å². The van der Waals surface area contributed by atoms with Gasteiger partial charge in [-0.15, -0.1) is 0 Å². The third-order valence-electron chi connectivity index (χ3n) is 3.25. The van der Waals surface area contributed by atoms with E-state index in [0.29, 0.717) is 10.8 Å². The summed E-state index contributed by atoms with van der Waals surface area (Å²) in [5.41, 5.74) is 7.27. The standard InChI is InChI=1S/C14H23ClN2O/c1-4-17(5-2)9-8-13(16)11-6-7-12(15)14(10-11)18-3/h6-7,10,13H,4-5,8-9,16H2,1-3H3. The van der Waals surface area contributed by atoms with Gasteiger partial charge in [-0.2, -0.15) is 0 Å². The van der Waals surface area contributed by atoms with Crippen molar-refractivity contribution in [2.24, 2.45) is 5.73 Å². The normalized spacial score (nSPS) is 12.8. The Balaban J connectivity index is 2.63. The largest absolute Gasteiger partial charge is 0.495 e. The lowest BCUT2D eigenvalue weighted by atomic mass is 10.0. The molecule has 3 nitrogen and oxygen atoms in total. The van der Waals surface area contributed by atoms with Crippen LogP contribution in [0.25, 0.3) is 0 Å².